The molecule has 2 N–H and O–H groups in total. The second-order valence-electron chi connectivity index (χ2n) is 5.04. The Hall–Kier alpha value is -2.10. The quantitative estimate of drug-likeness (QED) is 0.875. The SMILES string of the molecule is Cc1cccc2c(N)c(C(=O)N3CCOC(C#N)C3)sc12. The third-order valence-electron chi connectivity index (χ3n) is 3.64. The number of morpholine rings is 1. The summed E-state index contributed by atoms with van der Waals surface area (Å²) in [4.78, 5) is 14.9. The van der Waals surface area contributed by atoms with Gasteiger partial charge < -0.3 is 15.4 Å². The molecule has 1 aromatic heterocycles. The number of thiophene rings is 1. The topological polar surface area (TPSA) is 79.3 Å². The molecule has 1 amide bonds. The number of fused-ring (bicyclic) bond motifs is 1. The zero-order valence-electron chi connectivity index (χ0n) is 11.6. The van der Waals surface area contributed by atoms with E-state index in [1.165, 1.54) is 11.3 Å². The Bertz CT molecular complexity index is 747. The summed E-state index contributed by atoms with van der Waals surface area (Å²) < 4.78 is 6.31. The first kappa shape index (κ1) is 13.9. The molecule has 2 heterocycles. The maximum absolute atomic E-state index is 12.7. The van der Waals surface area contributed by atoms with Crippen LogP contribution in [0, 0.1) is 18.3 Å². The zero-order valence-corrected chi connectivity index (χ0v) is 12.4. The van der Waals surface area contributed by atoms with Crippen molar-refractivity contribution < 1.29 is 9.53 Å². The molecule has 6 heteroatoms. The fourth-order valence-corrected chi connectivity index (χ4v) is 3.65. The molecule has 1 aromatic carbocycles. The van der Waals surface area contributed by atoms with Crippen LogP contribution in [0.4, 0.5) is 5.69 Å². The van der Waals surface area contributed by atoms with E-state index in [0.29, 0.717) is 30.3 Å². The maximum atomic E-state index is 12.7. The Balaban J connectivity index is 1.97. The molecule has 2 aromatic rings. The number of hydrogen-bond donors (Lipinski definition) is 1. The van der Waals surface area contributed by atoms with E-state index < -0.39 is 6.10 Å². The number of rotatable bonds is 1. The second-order valence-corrected chi connectivity index (χ2v) is 6.06. The van der Waals surface area contributed by atoms with Gasteiger partial charge in [-0.15, -0.1) is 11.3 Å². The van der Waals surface area contributed by atoms with Crippen LogP contribution in [0.1, 0.15) is 15.2 Å². The Labute approximate surface area is 126 Å². The van der Waals surface area contributed by atoms with E-state index in [-0.39, 0.29) is 5.91 Å². The molecule has 0 radical (unpaired) electrons. The smallest absolute Gasteiger partial charge is 0.266 e. The summed E-state index contributed by atoms with van der Waals surface area (Å²) in [5.74, 6) is -0.114. The van der Waals surface area contributed by atoms with E-state index in [1.54, 1.807) is 4.90 Å². The number of aryl methyl sites for hydroxylation is 1. The average molecular weight is 301 g/mol. The van der Waals surface area contributed by atoms with Crippen LogP contribution >= 0.6 is 11.3 Å². The van der Waals surface area contributed by atoms with Gasteiger partial charge in [-0.2, -0.15) is 5.26 Å². The minimum absolute atomic E-state index is 0.114. The molecule has 0 aliphatic carbocycles. The van der Waals surface area contributed by atoms with Crippen LogP contribution in [0.25, 0.3) is 10.1 Å². The number of nitrogens with zero attached hydrogens (tertiary/aromatic N) is 2. The number of hydrogen-bond acceptors (Lipinski definition) is 5. The molecule has 1 aliphatic heterocycles. The first-order valence-electron chi connectivity index (χ1n) is 6.70. The molecule has 108 valence electrons. The molecule has 1 saturated heterocycles. The average Bonchev–Trinajstić information content (AvgIpc) is 2.85. The van der Waals surface area contributed by atoms with Crippen LogP contribution < -0.4 is 5.73 Å². The van der Waals surface area contributed by atoms with E-state index in [4.69, 9.17) is 15.7 Å². The van der Waals surface area contributed by atoms with Crippen molar-refractivity contribution in [1.82, 2.24) is 4.90 Å². The highest BCUT2D eigenvalue weighted by molar-refractivity contribution is 7.21. The van der Waals surface area contributed by atoms with Gasteiger partial charge in [0.05, 0.1) is 24.9 Å². The van der Waals surface area contributed by atoms with E-state index in [2.05, 4.69) is 0 Å². The summed E-state index contributed by atoms with van der Waals surface area (Å²) in [7, 11) is 0. The van der Waals surface area contributed by atoms with Gasteiger partial charge in [0.1, 0.15) is 4.88 Å². The highest BCUT2D eigenvalue weighted by Crippen LogP contribution is 2.36. The lowest BCUT2D eigenvalue weighted by Crippen LogP contribution is -2.45. The molecule has 0 spiro atoms. The summed E-state index contributed by atoms with van der Waals surface area (Å²) in [6.45, 7) is 3.17. The van der Waals surface area contributed by atoms with Crippen molar-refractivity contribution in [2.24, 2.45) is 0 Å². The molecule has 5 nitrogen and oxygen atoms in total. The molecule has 0 bridgehead atoms. The normalized spacial score (nSPS) is 18.7. The minimum Gasteiger partial charge on any atom is -0.397 e. The van der Waals surface area contributed by atoms with Crippen molar-refractivity contribution >= 4 is 33.0 Å². The Morgan fingerprint density at radius 1 is 1.57 bits per heavy atom. The van der Waals surface area contributed by atoms with Crippen molar-refractivity contribution in [1.29, 1.82) is 5.26 Å². The maximum Gasteiger partial charge on any atom is 0.266 e. The van der Waals surface area contributed by atoms with E-state index in [1.807, 2.05) is 31.2 Å². The Kier molecular flexibility index (Phi) is 3.53. The Morgan fingerprint density at radius 2 is 2.38 bits per heavy atom. The molecule has 1 unspecified atom stereocenters. The van der Waals surface area contributed by atoms with Crippen molar-refractivity contribution in [2.45, 2.75) is 13.0 Å². The minimum atomic E-state index is -0.556. The van der Waals surface area contributed by atoms with Crippen LogP contribution in [0.5, 0.6) is 0 Å². The predicted octanol–water partition coefficient (Wildman–Crippen LogP) is 2.16. The molecular weight excluding hydrogens is 286 g/mol. The van der Waals surface area contributed by atoms with Crippen LogP contribution in [0.15, 0.2) is 18.2 Å². The van der Waals surface area contributed by atoms with Gasteiger partial charge in [0, 0.05) is 16.6 Å². The first-order chi connectivity index (χ1) is 10.1. The third-order valence-corrected chi connectivity index (χ3v) is 4.99. The number of nitriles is 1. The van der Waals surface area contributed by atoms with Gasteiger partial charge in [0.25, 0.3) is 5.91 Å². The molecular formula is C15H15N3O2S. The van der Waals surface area contributed by atoms with Gasteiger partial charge in [-0.05, 0) is 12.5 Å². The lowest BCUT2D eigenvalue weighted by molar-refractivity contribution is 0.00374. The van der Waals surface area contributed by atoms with Gasteiger partial charge in [-0.3, -0.25) is 4.79 Å². The lowest BCUT2D eigenvalue weighted by Gasteiger charge is -2.29. The summed E-state index contributed by atoms with van der Waals surface area (Å²) in [6, 6.07) is 7.93. The summed E-state index contributed by atoms with van der Waals surface area (Å²) in [5.41, 5.74) is 7.79. The zero-order chi connectivity index (χ0) is 15.0. The fraction of sp³-hybridized carbons (Fsp3) is 0.333. The number of benzene rings is 1. The third kappa shape index (κ3) is 2.35. The lowest BCUT2D eigenvalue weighted by atomic mass is 10.1. The van der Waals surface area contributed by atoms with Gasteiger partial charge in [0.2, 0.25) is 0 Å². The van der Waals surface area contributed by atoms with E-state index in [9.17, 15) is 4.79 Å². The molecule has 1 aliphatic rings. The number of nitrogens with two attached hydrogens (primary N) is 1. The number of nitrogen functional groups attached to an aromatic ring is 1. The predicted molar refractivity (Wildman–Crippen MR) is 82.2 cm³/mol. The monoisotopic (exact) mass is 301 g/mol. The van der Waals surface area contributed by atoms with Crippen molar-refractivity contribution in [3.05, 3.63) is 28.6 Å². The standard InChI is InChI=1S/C15H15N3O2S/c1-9-3-2-4-11-12(17)14(21-13(9)11)15(19)18-5-6-20-10(7-16)8-18/h2-4,10H,5-6,8,17H2,1H3. The van der Waals surface area contributed by atoms with E-state index >= 15 is 0 Å². The van der Waals surface area contributed by atoms with Crippen molar-refractivity contribution in [3.63, 3.8) is 0 Å². The number of carbonyl (C=O) groups excluding carboxylic acids is 1. The van der Waals surface area contributed by atoms with Crippen LogP contribution in [0.2, 0.25) is 0 Å². The highest BCUT2D eigenvalue weighted by atomic mass is 32.1. The largest absolute Gasteiger partial charge is 0.397 e. The summed E-state index contributed by atoms with van der Waals surface area (Å²) in [6.07, 6.45) is -0.556. The van der Waals surface area contributed by atoms with Gasteiger partial charge in [-0.25, -0.2) is 0 Å². The van der Waals surface area contributed by atoms with Crippen LogP contribution in [-0.4, -0.2) is 36.6 Å². The van der Waals surface area contributed by atoms with Crippen LogP contribution in [-0.2, 0) is 4.74 Å². The second kappa shape index (κ2) is 5.35. The highest BCUT2D eigenvalue weighted by Gasteiger charge is 2.27. The molecule has 3 rings (SSSR count). The van der Waals surface area contributed by atoms with Gasteiger partial charge >= 0.3 is 0 Å². The molecule has 1 atom stereocenters. The summed E-state index contributed by atoms with van der Waals surface area (Å²) >= 11 is 1.42. The number of amides is 1. The van der Waals surface area contributed by atoms with Crippen LogP contribution in [0.3, 0.4) is 0 Å². The number of carbonyl (C=O) groups is 1. The molecule has 21 heavy (non-hydrogen) atoms. The fourth-order valence-electron chi connectivity index (χ4n) is 2.49. The van der Waals surface area contributed by atoms with Gasteiger partial charge in [0.15, 0.2) is 6.10 Å². The number of ether oxygens (including phenoxy) is 1. The van der Waals surface area contributed by atoms with Gasteiger partial charge in [-0.1, -0.05) is 18.2 Å². The van der Waals surface area contributed by atoms with Crippen molar-refractivity contribution in [2.75, 3.05) is 25.4 Å². The van der Waals surface area contributed by atoms with Crippen molar-refractivity contribution in [3.8, 4) is 6.07 Å². The molecule has 1 fully saturated rings. The molecule has 0 saturated carbocycles. The first-order valence-corrected chi connectivity index (χ1v) is 7.51. The Morgan fingerprint density at radius 3 is 3.10 bits per heavy atom. The summed E-state index contributed by atoms with van der Waals surface area (Å²) in [5, 5.41) is 9.86. The number of anilines is 1. The van der Waals surface area contributed by atoms with E-state index in [0.717, 1.165) is 15.6 Å².